The molecule has 1 fully saturated rings. The SMILES string of the molecule is NC(=O)[C@H]1CCCCN1C(=O)COC(=O)/C=C/c1nc2ccccc2o1. The van der Waals surface area contributed by atoms with Crippen molar-refractivity contribution < 1.29 is 23.5 Å². The predicted molar refractivity (Wildman–Crippen MR) is 92.5 cm³/mol. The third-order valence-corrected chi connectivity index (χ3v) is 4.16. The number of ether oxygens (including phenoxy) is 1. The quantitative estimate of drug-likeness (QED) is 0.636. The summed E-state index contributed by atoms with van der Waals surface area (Å²) in [5.74, 6) is -1.41. The van der Waals surface area contributed by atoms with Gasteiger partial charge in [0.05, 0.1) is 0 Å². The van der Waals surface area contributed by atoms with Gasteiger partial charge in [0.15, 0.2) is 12.2 Å². The number of amides is 2. The highest BCUT2D eigenvalue weighted by atomic mass is 16.5. The Kier molecular flexibility index (Phi) is 5.31. The molecule has 1 aliphatic heterocycles. The number of para-hydroxylation sites is 2. The molecule has 2 amide bonds. The predicted octanol–water partition coefficient (Wildman–Crippen LogP) is 1.25. The van der Waals surface area contributed by atoms with Crippen molar-refractivity contribution in [3.8, 4) is 0 Å². The van der Waals surface area contributed by atoms with Gasteiger partial charge in [-0.2, -0.15) is 0 Å². The number of hydrogen-bond donors (Lipinski definition) is 1. The van der Waals surface area contributed by atoms with E-state index in [9.17, 15) is 14.4 Å². The molecule has 8 nitrogen and oxygen atoms in total. The Bertz CT molecular complexity index is 824. The molecule has 2 N–H and O–H groups in total. The Morgan fingerprint density at radius 1 is 1.31 bits per heavy atom. The molecule has 2 heterocycles. The number of aromatic nitrogens is 1. The molecule has 8 heteroatoms. The minimum atomic E-state index is -0.701. The monoisotopic (exact) mass is 357 g/mol. The molecule has 0 radical (unpaired) electrons. The highest BCUT2D eigenvalue weighted by Gasteiger charge is 2.30. The van der Waals surface area contributed by atoms with Crippen LogP contribution in [-0.2, 0) is 19.1 Å². The topological polar surface area (TPSA) is 116 Å². The number of piperidine rings is 1. The standard InChI is InChI=1S/C18H19N3O5/c19-18(24)13-6-3-4-10-21(13)16(22)11-25-17(23)9-8-15-20-12-5-1-2-7-14(12)26-15/h1-2,5,7-9,13H,3-4,6,10-11H2,(H2,19,24)/b9-8+/t13-/m1/s1. The second kappa shape index (κ2) is 7.81. The number of carbonyl (C=O) groups is 3. The molecule has 26 heavy (non-hydrogen) atoms. The molecule has 136 valence electrons. The summed E-state index contributed by atoms with van der Waals surface area (Å²) in [5, 5.41) is 0. The van der Waals surface area contributed by atoms with Crippen molar-refractivity contribution in [2.75, 3.05) is 13.2 Å². The average Bonchev–Trinajstić information content (AvgIpc) is 3.07. The Hall–Kier alpha value is -3.16. The van der Waals surface area contributed by atoms with E-state index in [0.29, 0.717) is 24.1 Å². The van der Waals surface area contributed by atoms with Gasteiger partial charge in [0.2, 0.25) is 11.8 Å². The molecule has 1 saturated heterocycles. The lowest BCUT2D eigenvalue weighted by atomic mass is 10.0. The van der Waals surface area contributed by atoms with Crippen LogP contribution < -0.4 is 5.73 Å². The minimum Gasteiger partial charge on any atom is -0.452 e. The normalized spacial score (nSPS) is 17.5. The van der Waals surface area contributed by atoms with Crippen LogP contribution in [-0.4, -0.2) is 46.9 Å². The molecular weight excluding hydrogens is 338 g/mol. The number of carbonyl (C=O) groups excluding carboxylic acids is 3. The third-order valence-electron chi connectivity index (χ3n) is 4.16. The van der Waals surface area contributed by atoms with Crippen LogP contribution in [0.5, 0.6) is 0 Å². The van der Waals surface area contributed by atoms with E-state index in [1.165, 1.54) is 11.0 Å². The first-order chi connectivity index (χ1) is 12.5. The average molecular weight is 357 g/mol. The number of rotatable bonds is 5. The Labute approximate surface area is 149 Å². The molecular formula is C18H19N3O5. The van der Waals surface area contributed by atoms with E-state index in [0.717, 1.165) is 18.9 Å². The van der Waals surface area contributed by atoms with Gasteiger partial charge in [0.1, 0.15) is 11.6 Å². The molecule has 3 rings (SSSR count). The molecule has 1 aliphatic rings. The number of likely N-dealkylation sites (tertiary alicyclic amines) is 1. The molecule has 1 atom stereocenters. The van der Waals surface area contributed by atoms with Crippen LogP contribution in [0.25, 0.3) is 17.2 Å². The zero-order chi connectivity index (χ0) is 18.5. The fourth-order valence-corrected chi connectivity index (χ4v) is 2.89. The summed E-state index contributed by atoms with van der Waals surface area (Å²) in [7, 11) is 0. The van der Waals surface area contributed by atoms with Crippen molar-refractivity contribution >= 4 is 35.0 Å². The lowest BCUT2D eigenvalue weighted by Gasteiger charge is -2.33. The van der Waals surface area contributed by atoms with Gasteiger partial charge in [-0.1, -0.05) is 12.1 Å². The Balaban J connectivity index is 1.54. The first kappa shape index (κ1) is 17.7. The van der Waals surface area contributed by atoms with E-state index >= 15 is 0 Å². The lowest BCUT2D eigenvalue weighted by Crippen LogP contribution is -2.51. The summed E-state index contributed by atoms with van der Waals surface area (Å²) < 4.78 is 10.4. The molecule has 2 aromatic rings. The van der Waals surface area contributed by atoms with Gasteiger partial charge in [-0.05, 0) is 31.4 Å². The summed E-state index contributed by atoms with van der Waals surface area (Å²) in [5.41, 5.74) is 6.61. The summed E-state index contributed by atoms with van der Waals surface area (Å²) in [6.07, 6.45) is 4.68. The van der Waals surface area contributed by atoms with Crippen molar-refractivity contribution in [3.63, 3.8) is 0 Å². The van der Waals surface area contributed by atoms with E-state index in [1.54, 1.807) is 12.1 Å². The van der Waals surface area contributed by atoms with Gasteiger partial charge in [0.25, 0.3) is 5.91 Å². The number of fused-ring (bicyclic) bond motifs is 1. The van der Waals surface area contributed by atoms with Crippen molar-refractivity contribution in [1.29, 1.82) is 0 Å². The summed E-state index contributed by atoms with van der Waals surface area (Å²) >= 11 is 0. The van der Waals surface area contributed by atoms with Crippen LogP contribution in [0.1, 0.15) is 25.2 Å². The molecule has 1 aromatic heterocycles. The van der Waals surface area contributed by atoms with Gasteiger partial charge < -0.3 is 19.8 Å². The van der Waals surface area contributed by atoms with E-state index in [4.69, 9.17) is 14.9 Å². The maximum Gasteiger partial charge on any atom is 0.331 e. The van der Waals surface area contributed by atoms with Crippen LogP contribution in [0, 0.1) is 0 Å². The lowest BCUT2D eigenvalue weighted by molar-refractivity contribution is -0.151. The fourth-order valence-electron chi connectivity index (χ4n) is 2.89. The smallest absolute Gasteiger partial charge is 0.331 e. The number of oxazole rings is 1. The van der Waals surface area contributed by atoms with Crippen molar-refractivity contribution in [2.24, 2.45) is 5.73 Å². The number of nitrogens with two attached hydrogens (primary N) is 1. The number of primary amides is 1. The van der Waals surface area contributed by atoms with Crippen LogP contribution in [0.15, 0.2) is 34.8 Å². The fraction of sp³-hybridized carbons (Fsp3) is 0.333. The zero-order valence-corrected chi connectivity index (χ0v) is 14.1. The van der Waals surface area contributed by atoms with Crippen LogP contribution in [0.2, 0.25) is 0 Å². The summed E-state index contributed by atoms with van der Waals surface area (Å²) in [4.78, 5) is 41.0. The van der Waals surface area contributed by atoms with Crippen LogP contribution in [0.3, 0.4) is 0 Å². The number of nitrogens with zero attached hydrogens (tertiary/aromatic N) is 2. The highest BCUT2D eigenvalue weighted by molar-refractivity contribution is 5.91. The Morgan fingerprint density at radius 3 is 2.88 bits per heavy atom. The number of hydrogen-bond acceptors (Lipinski definition) is 6. The van der Waals surface area contributed by atoms with E-state index < -0.39 is 30.4 Å². The second-order valence-corrected chi connectivity index (χ2v) is 5.96. The van der Waals surface area contributed by atoms with Crippen LogP contribution in [0.4, 0.5) is 0 Å². The van der Waals surface area contributed by atoms with Crippen molar-refractivity contribution in [3.05, 3.63) is 36.2 Å². The maximum absolute atomic E-state index is 12.2. The largest absolute Gasteiger partial charge is 0.452 e. The molecule has 1 aromatic carbocycles. The van der Waals surface area contributed by atoms with Gasteiger partial charge in [-0.3, -0.25) is 9.59 Å². The first-order valence-electron chi connectivity index (χ1n) is 8.34. The van der Waals surface area contributed by atoms with Crippen molar-refractivity contribution in [1.82, 2.24) is 9.88 Å². The van der Waals surface area contributed by atoms with E-state index in [1.807, 2.05) is 12.1 Å². The second-order valence-electron chi connectivity index (χ2n) is 5.96. The van der Waals surface area contributed by atoms with Gasteiger partial charge >= 0.3 is 5.97 Å². The number of esters is 1. The van der Waals surface area contributed by atoms with Gasteiger partial charge in [-0.15, -0.1) is 0 Å². The maximum atomic E-state index is 12.2. The van der Waals surface area contributed by atoms with Gasteiger partial charge in [0, 0.05) is 18.7 Å². The number of benzene rings is 1. The van der Waals surface area contributed by atoms with Gasteiger partial charge in [-0.25, -0.2) is 9.78 Å². The Morgan fingerprint density at radius 2 is 2.12 bits per heavy atom. The third kappa shape index (κ3) is 4.08. The summed E-state index contributed by atoms with van der Waals surface area (Å²) in [6, 6.07) is 6.58. The highest BCUT2D eigenvalue weighted by Crippen LogP contribution is 2.17. The molecule has 0 bridgehead atoms. The molecule has 0 spiro atoms. The van der Waals surface area contributed by atoms with E-state index in [-0.39, 0.29) is 5.89 Å². The molecule has 0 saturated carbocycles. The molecule has 0 aliphatic carbocycles. The van der Waals surface area contributed by atoms with Crippen molar-refractivity contribution in [2.45, 2.75) is 25.3 Å². The zero-order valence-electron chi connectivity index (χ0n) is 14.1. The van der Waals surface area contributed by atoms with E-state index in [2.05, 4.69) is 4.98 Å². The first-order valence-corrected chi connectivity index (χ1v) is 8.34. The van der Waals surface area contributed by atoms with Crippen LogP contribution >= 0.6 is 0 Å². The minimum absolute atomic E-state index is 0.263. The summed E-state index contributed by atoms with van der Waals surface area (Å²) in [6.45, 7) is -0.0107. The molecule has 0 unspecified atom stereocenters.